The van der Waals surface area contributed by atoms with Crippen molar-refractivity contribution in [2.45, 2.75) is 0 Å². The van der Waals surface area contributed by atoms with E-state index in [1.165, 1.54) is 27.8 Å². The molecule has 4 nitrogen and oxygen atoms in total. The summed E-state index contributed by atoms with van der Waals surface area (Å²) in [5.74, 6) is 0.597. The standard InChI is InChI=1S/C55H36N2O2/c1-4-12-37(13-5-1)39-22-24-40(25-23-39)41-26-30-45(31-27-41)57(47-19-10-18-44(36-47)38-14-6-2-7-15-38)46-32-28-42(29-33-46)48-20-11-21-49-52-50(58-54(48)49)34-35-51-53(52)56-55(59-51)43-16-8-3-9-17-43/h1-36H. The smallest absolute Gasteiger partial charge is 0.227 e. The second-order valence-corrected chi connectivity index (χ2v) is 14.7. The summed E-state index contributed by atoms with van der Waals surface area (Å²) in [4.78, 5) is 7.28. The van der Waals surface area contributed by atoms with Gasteiger partial charge in [0.25, 0.3) is 0 Å². The van der Waals surface area contributed by atoms with Crippen molar-refractivity contribution < 1.29 is 8.83 Å². The van der Waals surface area contributed by atoms with Gasteiger partial charge in [-0.05, 0) is 99.6 Å². The van der Waals surface area contributed by atoms with Crippen LogP contribution in [0.15, 0.2) is 227 Å². The van der Waals surface area contributed by atoms with Gasteiger partial charge < -0.3 is 13.7 Å². The van der Waals surface area contributed by atoms with Crippen molar-refractivity contribution in [2.24, 2.45) is 0 Å². The minimum absolute atomic E-state index is 0.597. The third kappa shape index (κ3) is 6.34. The molecule has 0 saturated heterocycles. The molecule has 0 amide bonds. The third-order valence-corrected chi connectivity index (χ3v) is 11.1. The van der Waals surface area contributed by atoms with E-state index in [2.05, 4.69) is 181 Å². The SMILES string of the molecule is c1ccc(-c2ccc(-c3ccc(N(c4ccc(-c5cccc6c5oc5ccc7oc(-c8ccccc8)nc7c56)cc4)c4cccc(-c5ccccc5)c4)cc3)cc2)cc1. The van der Waals surface area contributed by atoms with Gasteiger partial charge in [-0.3, -0.25) is 0 Å². The van der Waals surface area contributed by atoms with Crippen LogP contribution < -0.4 is 4.90 Å². The van der Waals surface area contributed by atoms with Crippen molar-refractivity contribution in [1.29, 1.82) is 0 Å². The van der Waals surface area contributed by atoms with Crippen LogP contribution in [-0.2, 0) is 0 Å². The lowest BCUT2D eigenvalue weighted by Crippen LogP contribution is -2.10. The van der Waals surface area contributed by atoms with Gasteiger partial charge in [0, 0.05) is 33.6 Å². The van der Waals surface area contributed by atoms with Crippen LogP contribution in [0.4, 0.5) is 17.1 Å². The Kier molecular flexibility index (Phi) is 8.45. The predicted octanol–water partition coefficient (Wildman–Crippen LogP) is 15.5. The molecule has 0 atom stereocenters. The number of benzene rings is 9. The fraction of sp³-hybridized carbons (Fsp3) is 0. The molecule has 0 saturated carbocycles. The molecule has 2 aromatic heterocycles. The van der Waals surface area contributed by atoms with E-state index >= 15 is 0 Å². The molecule has 11 aromatic rings. The normalized spacial score (nSPS) is 11.4. The number of rotatable bonds is 8. The van der Waals surface area contributed by atoms with Crippen LogP contribution in [0.2, 0.25) is 0 Å². The Balaban J connectivity index is 0.968. The zero-order chi connectivity index (χ0) is 39.1. The van der Waals surface area contributed by atoms with Crippen LogP contribution in [0.3, 0.4) is 0 Å². The summed E-state index contributed by atoms with van der Waals surface area (Å²) in [6, 6.07) is 76.5. The highest BCUT2D eigenvalue weighted by atomic mass is 16.4. The van der Waals surface area contributed by atoms with Crippen LogP contribution in [0.5, 0.6) is 0 Å². The first-order chi connectivity index (χ1) is 29.2. The summed E-state index contributed by atoms with van der Waals surface area (Å²) < 4.78 is 12.8. The van der Waals surface area contributed by atoms with Crippen molar-refractivity contribution in [1.82, 2.24) is 4.98 Å². The maximum Gasteiger partial charge on any atom is 0.227 e. The minimum Gasteiger partial charge on any atom is -0.455 e. The highest BCUT2D eigenvalue weighted by molar-refractivity contribution is 6.19. The lowest BCUT2D eigenvalue weighted by molar-refractivity contribution is 0.619. The van der Waals surface area contributed by atoms with E-state index in [1.807, 2.05) is 42.5 Å². The largest absolute Gasteiger partial charge is 0.455 e. The fourth-order valence-corrected chi connectivity index (χ4v) is 8.19. The summed E-state index contributed by atoms with van der Waals surface area (Å²) in [5.41, 5.74) is 16.5. The summed E-state index contributed by atoms with van der Waals surface area (Å²) in [5, 5.41) is 1.97. The fourth-order valence-electron chi connectivity index (χ4n) is 8.19. The number of hydrogen-bond acceptors (Lipinski definition) is 4. The molecule has 9 aromatic carbocycles. The van der Waals surface area contributed by atoms with Gasteiger partial charge in [-0.2, -0.15) is 0 Å². The van der Waals surface area contributed by atoms with Crippen LogP contribution >= 0.6 is 0 Å². The monoisotopic (exact) mass is 756 g/mol. The molecule has 0 fully saturated rings. The number of oxazole rings is 1. The van der Waals surface area contributed by atoms with E-state index < -0.39 is 0 Å². The summed E-state index contributed by atoms with van der Waals surface area (Å²) in [6.07, 6.45) is 0. The second-order valence-electron chi connectivity index (χ2n) is 14.7. The average molecular weight is 757 g/mol. The Morgan fingerprint density at radius 1 is 0.339 bits per heavy atom. The zero-order valence-corrected chi connectivity index (χ0v) is 32.0. The topological polar surface area (TPSA) is 42.4 Å². The van der Waals surface area contributed by atoms with Gasteiger partial charge in [0.2, 0.25) is 5.89 Å². The minimum atomic E-state index is 0.597. The lowest BCUT2D eigenvalue weighted by atomic mass is 9.99. The molecule has 278 valence electrons. The molecule has 0 spiro atoms. The van der Waals surface area contributed by atoms with Crippen molar-refractivity contribution >= 4 is 50.1 Å². The third-order valence-electron chi connectivity index (χ3n) is 11.1. The van der Waals surface area contributed by atoms with E-state index in [9.17, 15) is 0 Å². The van der Waals surface area contributed by atoms with E-state index in [0.29, 0.717) is 5.89 Å². The average Bonchev–Trinajstić information content (AvgIpc) is 3.93. The quantitative estimate of drug-likeness (QED) is 0.155. The molecule has 0 unspecified atom stereocenters. The predicted molar refractivity (Wildman–Crippen MR) is 243 cm³/mol. The second kappa shape index (κ2) is 14.5. The molecular formula is C55H36N2O2. The van der Waals surface area contributed by atoms with Gasteiger partial charge in [0.15, 0.2) is 5.58 Å². The highest BCUT2D eigenvalue weighted by Gasteiger charge is 2.20. The molecule has 0 aliphatic rings. The van der Waals surface area contributed by atoms with Crippen molar-refractivity contribution in [2.75, 3.05) is 4.90 Å². The van der Waals surface area contributed by atoms with Crippen molar-refractivity contribution in [3.63, 3.8) is 0 Å². The number of para-hydroxylation sites is 1. The van der Waals surface area contributed by atoms with Gasteiger partial charge in [-0.15, -0.1) is 0 Å². The molecule has 0 aliphatic carbocycles. The maximum absolute atomic E-state index is 6.62. The van der Waals surface area contributed by atoms with Crippen molar-refractivity contribution in [3.05, 3.63) is 218 Å². The summed E-state index contributed by atoms with van der Waals surface area (Å²) in [6.45, 7) is 0. The Morgan fingerprint density at radius 3 is 1.46 bits per heavy atom. The number of anilines is 3. The molecule has 0 aliphatic heterocycles. The number of fused-ring (bicyclic) bond motifs is 5. The van der Waals surface area contributed by atoms with Crippen LogP contribution in [0, 0.1) is 0 Å². The van der Waals surface area contributed by atoms with Gasteiger partial charge >= 0.3 is 0 Å². The van der Waals surface area contributed by atoms with E-state index in [4.69, 9.17) is 13.8 Å². The Hall–Kier alpha value is -7.95. The summed E-state index contributed by atoms with van der Waals surface area (Å²) >= 11 is 0. The number of nitrogens with zero attached hydrogens (tertiary/aromatic N) is 2. The molecule has 59 heavy (non-hydrogen) atoms. The first kappa shape index (κ1) is 34.3. The lowest BCUT2D eigenvalue weighted by Gasteiger charge is -2.26. The molecule has 0 bridgehead atoms. The van der Waals surface area contributed by atoms with Crippen molar-refractivity contribution in [3.8, 4) is 56.0 Å². The number of aromatic nitrogens is 1. The van der Waals surface area contributed by atoms with Crippen LogP contribution in [0.1, 0.15) is 0 Å². The van der Waals surface area contributed by atoms with Gasteiger partial charge in [0.05, 0.1) is 5.39 Å². The number of hydrogen-bond donors (Lipinski definition) is 0. The van der Waals surface area contributed by atoms with Gasteiger partial charge in [-0.25, -0.2) is 4.98 Å². The van der Waals surface area contributed by atoms with Gasteiger partial charge in [0.1, 0.15) is 16.7 Å². The molecular weight excluding hydrogens is 721 g/mol. The Morgan fingerprint density at radius 2 is 0.831 bits per heavy atom. The van der Waals surface area contributed by atoms with E-state index in [1.54, 1.807) is 0 Å². The number of furan rings is 1. The molecule has 0 N–H and O–H groups in total. The Bertz CT molecular complexity index is 3220. The highest BCUT2D eigenvalue weighted by Crippen LogP contribution is 2.42. The van der Waals surface area contributed by atoms with Crippen LogP contribution in [0.25, 0.3) is 89.0 Å². The maximum atomic E-state index is 6.62. The molecule has 4 heteroatoms. The Labute approximate surface area is 341 Å². The first-order valence-electron chi connectivity index (χ1n) is 19.9. The first-order valence-corrected chi connectivity index (χ1v) is 19.9. The summed E-state index contributed by atoms with van der Waals surface area (Å²) in [7, 11) is 0. The molecule has 0 radical (unpaired) electrons. The zero-order valence-electron chi connectivity index (χ0n) is 32.0. The van der Waals surface area contributed by atoms with Gasteiger partial charge in [-0.1, -0.05) is 158 Å². The van der Waals surface area contributed by atoms with E-state index in [-0.39, 0.29) is 0 Å². The molecule has 11 rings (SSSR count). The molecule has 2 heterocycles. The van der Waals surface area contributed by atoms with Crippen LogP contribution in [-0.4, -0.2) is 4.98 Å². The van der Waals surface area contributed by atoms with E-state index in [0.717, 1.165) is 72.4 Å².